The van der Waals surface area contributed by atoms with E-state index in [9.17, 15) is 4.79 Å². The van der Waals surface area contributed by atoms with Gasteiger partial charge in [0.2, 0.25) is 0 Å². The van der Waals surface area contributed by atoms with Crippen molar-refractivity contribution in [3.8, 4) is 5.75 Å². The maximum Gasteiger partial charge on any atom is 0.339 e. The summed E-state index contributed by atoms with van der Waals surface area (Å²) in [5.41, 5.74) is -0.416. The number of ether oxygens (including phenoxy) is 2. The number of hydrogen-bond donors (Lipinski definition) is 0. The highest BCUT2D eigenvalue weighted by molar-refractivity contribution is 5.19. The third-order valence-electron chi connectivity index (χ3n) is 1.21. The summed E-state index contributed by atoms with van der Waals surface area (Å²) in [4.78, 5) is 10.8. The fourth-order valence-corrected chi connectivity index (χ4v) is 0.786. The summed E-state index contributed by atoms with van der Waals surface area (Å²) >= 11 is 0. The van der Waals surface area contributed by atoms with E-state index in [0.29, 0.717) is 11.5 Å². The Hall–Kier alpha value is -1.29. The first-order valence-electron chi connectivity index (χ1n) is 3.46. The molecule has 0 aliphatic rings. The summed E-state index contributed by atoms with van der Waals surface area (Å²) in [6.07, 6.45) is 0. The minimum Gasteiger partial charge on any atom is -0.467 e. The molecule has 0 amide bonds. The van der Waals surface area contributed by atoms with Gasteiger partial charge < -0.3 is 13.9 Å². The molecule has 0 N–H and O–H groups in total. The molecule has 1 rings (SSSR count). The molecule has 0 saturated heterocycles. The van der Waals surface area contributed by atoms with E-state index in [-0.39, 0.29) is 6.79 Å². The maximum atomic E-state index is 10.8. The van der Waals surface area contributed by atoms with Crippen molar-refractivity contribution in [2.45, 2.75) is 6.92 Å². The third kappa shape index (κ3) is 2.39. The number of rotatable bonds is 3. The fourth-order valence-electron chi connectivity index (χ4n) is 0.786. The molecule has 0 fully saturated rings. The summed E-state index contributed by atoms with van der Waals surface area (Å²) < 4.78 is 14.4. The lowest BCUT2D eigenvalue weighted by molar-refractivity contribution is 0.0505. The first-order valence-corrected chi connectivity index (χ1v) is 3.46. The zero-order valence-electron chi connectivity index (χ0n) is 6.99. The van der Waals surface area contributed by atoms with Gasteiger partial charge in [-0.15, -0.1) is 0 Å². The largest absolute Gasteiger partial charge is 0.467 e. The Bertz CT molecular complexity index is 302. The van der Waals surface area contributed by atoms with Crippen LogP contribution in [0, 0.1) is 6.92 Å². The van der Waals surface area contributed by atoms with E-state index in [1.165, 1.54) is 13.2 Å². The molecule has 0 aliphatic heterocycles. The van der Waals surface area contributed by atoms with E-state index < -0.39 is 5.63 Å². The summed E-state index contributed by atoms with van der Waals surface area (Å²) in [7, 11) is 1.51. The average molecular weight is 170 g/mol. The van der Waals surface area contributed by atoms with Gasteiger partial charge in [-0.2, -0.15) is 0 Å². The Balaban J connectivity index is 2.79. The zero-order chi connectivity index (χ0) is 8.97. The monoisotopic (exact) mass is 170 g/mol. The van der Waals surface area contributed by atoms with Crippen molar-refractivity contribution in [1.82, 2.24) is 0 Å². The van der Waals surface area contributed by atoms with Crippen molar-refractivity contribution in [3.05, 3.63) is 28.3 Å². The standard InChI is InChI=1S/C8H10O4/c1-6-3-7(11-5-10-2)4-8(9)12-6/h3-4H,5H2,1-2H3. The van der Waals surface area contributed by atoms with Gasteiger partial charge in [0.25, 0.3) is 0 Å². The van der Waals surface area contributed by atoms with Crippen LogP contribution in [-0.4, -0.2) is 13.9 Å². The highest BCUT2D eigenvalue weighted by Crippen LogP contribution is 2.08. The Morgan fingerprint density at radius 1 is 1.50 bits per heavy atom. The summed E-state index contributed by atoms with van der Waals surface area (Å²) in [6, 6.07) is 2.90. The van der Waals surface area contributed by atoms with Crippen LogP contribution < -0.4 is 10.4 Å². The molecule has 0 aromatic carbocycles. The van der Waals surface area contributed by atoms with Crippen molar-refractivity contribution in [2.75, 3.05) is 13.9 Å². The molecular weight excluding hydrogens is 160 g/mol. The van der Waals surface area contributed by atoms with Gasteiger partial charge >= 0.3 is 5.63 Å². The fraction of sp³-hybridized carbons (Fsp3) is 0.375. The Kier molecular flexibility index (Phi) is 2.88. The van der Waals surface area contributed by atoms with E-state index in [4.69, 9.17) is 9.15 Å². The predicted molar refractivity (Wildman–Crippen MR) is 42.2 cm³/mol. The summed E-state index contributed by atoms with van der Waals surface area (Å²) in [5.74, 6) is 0.985. The number of aryl methyl sites for hydroxylation is 1. The molecule has 0 aliphatic carbocycles. The van der Waals surface area contributed by atoms with E-state index in [1.807, 2.05) is 0 Å². The second-order valence-corrected chi connectivity index (χ2v) is 2.27. The van der Waals surface area contributed by atoms with Crippen LogP contribution in [0.2, 0.25) is 0 Å². The van der Waals surface area contributed by atoms with Crippen LogP contribution in [0.1, 0.15) is 5.76 Å². The highest BCUT2D eigenvalue weighted by Gasteiger charge is 1.97. The van der Waals surface area contributed by atoms with Gasteiger partial charge in [0.05, 0.1) is 6.07 Å². The molecule has 4 heteroatoms. The molecular formula is C8H10O4. The van der Waals surface area contributed by atoms with E-state index in [0.717, 1.165) is 0 Å². The maximum absolute atomic E-state index is 10.8. The molecule has 1 heterocycles. The normalized spacial score (nSPS) is 9.83. The summed E-state index contributed by atoms with van der Waals surface area (Å²) in [6.45, 7) is 1.81. The van der Waals surface area contributed by atoms with Crippen LogP contribution in [0.25, 0.3) is 0 Å². The second-order valence-electron chi connectivity index (χ2n) is 2.27. The van der Waals surface area contributed by atoms with Crippen LogP contribution in [-0.2, 0) is 4.74 Å². The van der Waals surface area contributed by atoms with Crippen molar-refractivity contribution in [2.24, 2.45) is 0 Å². The topological polar surface area (TPSA) is 48.7 Å². The molecule has 1 aromatic rings. The Morgan fingerprint density at radius 3 is 2.83 bits per heavy atom. The molecule has 12 heavy (non-hydrogen) atoms. The van der Waals surface area contributed by atoms with E-state index >= 15 is 0 Å². The second kappa shape index (κ2) is 3.92. The van der Waals surface area contributed by atoms with Crippen molar-refractivity contribution in [3.63, 3.8) is 0 Å². The lowest BCUT2D eigenvalue weighted by Gasteiger charge is -2.02. The van der Waals surface area contributed by atoms with Gasteiger partial charge in [-0.3, -0.25) is 0 Å². The van der Waals surface area contributed by atoms with Crippen molar-refractivity contribution >= 4 is 0 Å². The molecule has 0 spiro atoms. The minimum absolute atomic E-state index is 0.128. The first kappa shape index (κ1) is 8.80. The first-order chi connectivity index (χ1) is 5.72. The highest BCUT2D eigenvalue weighted by atomic mass is 16.7. The number of hydrogen-bond acceptors (Lipinski definition) is 4. The van der Waals surface area contributed by atoms with Gasteiger partial charge in [0.1, 0.15) is 11.5 Å². The predicted octanol–water partition coefficient (Wildman–Crippen LogP) is 0.931. The van der Waals surface area contributed by atoms with Gasteiger partial charge in [0.15, 0.2) is 6.79 Å². The van der Waals surface area contributed by atoms with Crippen LogP contribution >= 0.6 is 0 Å². The molecule has 4 nitrogen and oxygen atoms in total. The van der Waals surface area contributed by atoms with Gasteiger partial charge in [-0.25, -0.2) is 4.79 Å². The smallest absolute Gasteiger partial charge is 0.339 e. The lowest BCUT2D eigenvalue weighted by Crippen LogP contribution is -2.03. The number of methoxy groups -OCH3 is 1. The average Bonchev–Trinajstić information content (AvgIpc) is 1.99. The SMILES string of the molecule is COCOc1cc(C)oc(=O)c1. The van der Waals surface area contributed by atoms with Gasteiger partial charge in [-0.05, 0) is 6.92 Å². The van der Waals surface area contributed by atoms with E-state index in [2.05, 4.69) is 4.74 Å². The van der Waals surface area contributed by atoms with Crippen LogP contribution in [0.5, 0.6) is 5.75 Å². The summed E-state index contributed by atoms with van der Waals surface area (Å²) in [5, 5.41) is 0. The van der Waals surface area contributed by atoms with Crippen molar-refractivity contribution < 1.29 is 13.9 Å². The minimum atomic E-state index is -0.416. The van der Waals surface area contributed by atoms with E-state index in [1.54, 1.807) is 13.0 Å². The Labute approximate surface area is 69.7 Å². The molecule has 0 bridgehead atoms. The van der Waals surface area contributed by atoms with Gasteiger partial charge in [0, 0.05) is 13.2 Å². The van der Waals surface area contributed by atoms with Crippen LogP contribution in [0.4, 0.5) is 0 Å². The lowest BCUT2D eigenvalue weighted by atomic mass is 10.4. The van der Waals surface area contributed by atoms with Crippen LogP contribution in [0.3, 0.4) is 0 Å². The van der Waals surface area contributed by atoms with Crippen LogP contribution in [0.15, 0.2) is 21.3 Å². The molecule has 66 valence electrons. The molecule has 0 saturated carbocycles. The van der Waals surface area contributed by atoms with Crippen molar-refractivity contribution in [1.29, 1.82) is 0 Å². The molecule has 0 radical (unpaired) electrons. The molecule has 0 atom stereocenters. The Morgan fingerprint density at radius 2 is 2.25 bits per heavy atom. The third-order valence-corrected chi connectivity index (χ3v) is 1.21. The quantitative estimate of drug-likeness (QED) is 0.633. The molecule has 1 aromatic heterocycles. The molecule has 0 unspecified atom stereocenters. The zero-order valence-corrected chi connectivity index (χ0v) is 6.99. The van der Waals surface area contributed by atoms with Gasteiger partial charge in [-0.1, -0.05) is 0 Å².